The van der Waals surface area contributed by atoms with Crippen molar-refractivity contribution in [3.05, 3.63) is 48.2 Å². The first-order chi connectivity index (χ1) is 9.63. The second-order valence-corrected chi connectivity index (χ2v) is 4.05. The number of carbonyl (C=O) groups is 2. The molecule has 0 aliphatic heterocycles. The molecule has 0 aliphatic rings. The van der Waals surface area contributed by atoms with Crippen LogP contribution in [0.4, 0.5) is 10.5 Å². The number of anilines is 1. The lowest BCUT2D eigenvalue weighted by molar-refractivity contribution is -0.136. The van der Waals surface area contributed by atoms with Crippen LogP contribution in [0, 0.1) is 0 Å². The van der Waals surface area contributed by atoms with Gasteiger partial charge in [0.25, 0.3) is 0 Å². The van der Waals surface area contributed by atoms with Gasteiger partial charge in [0.15, 0.2) is 0 Å². The lowest BCUT2D eigenvalue weighted by Gasteiger charge is -2.06. The van der Waals surface area contributed by atoms with Gasteiger partial charge in [0.05, 0.1) is 36.5 Å². The van der Waals surface area contributed by atoms with Crippen LogP contribution in [0.5, 0.6) is 0 Å². The van der Waals surface area contributed by atoms with Gasteiger partial charge in [-0.25, -0.2) is 4.79 Å². The Hall–Kier alpha value is -2.83. The van der Waals surface area contributed by atoms with E-state index >= 15 is 0 Å². The first kappa shape index (κ1) is 13.6. The zero-order chi connectivity index (χ0) is 14.4. The molecule has 0 unspecified atom stereocenters. The van der Waals surface area contributed by atoms with Crippen LogP contribution in [0.1, 0.15) is 11.3 Å². The summed E-state index contributed by atoms with van der Waals surface area (Å²) in [7, 11) is 0. The first-order valence-electron chi connectivity index (χ1n) is 5.86. The maximum absolute atomic E-state index is 11.6. The number of hydrogen-bond acceptors (Lipinski definition) is 4. The van der Waals surface area contributed by atoms with Crippen molar-refractivity contribution in [2.45, 2.75) is 13.0 Å². The van der Waals surface area contributed by atoms with Crippen molar-refractivity contribution in [3.8, 4) is 0 Å². The fraction of sp³-hybridized carbons (Fsp3) is 0.154. The average molecular weight is 275 g/mol. The van der Waals surface area contributed by atoms with Crippen LogP contribution in [-0.4, -0.2) is 22.1 Å². The Morgan fingerprint density at radius 2 is 2.15 bits per heavy atom. The third kappa shape index (κ3) is 4.13. The largest absolute Gasteiger partial charge is 0.481 e. The van der Waals surface area contributed by atoms with E-state index in [2.05, 4.69) is 15.6 Å². The Bertz CT molecular complexity index is 578. The normalized spacial score (nSPS) is 10.0. The van der Waals surface area contributed by atoms with Crippen molar-refractivity contribution in [3.63, 3.8) is 0 Å². The fourth-order valence-electron chi connectivity index (χ4n) is 1.51. The standard InChI is InChI=1S/C13H13N3O4/c17-12(18)5-10-1-2-11(7-14-10)16-13(19)15-6-9-3-4-20-8-9/h1-4,7-8H,5-6H2,(H,17,18)(H2,15,16,19). The molecule has 0 aromatic carbocycles. The summed E-state index contributed by atoms with van der Waals surface area (Å²) in [6.07, 6.45) is 4.34. The number of carboxylic acids is 1. The van der Waals surface area contributed by atoms with Crippen molar-refractivity contribution in [1.29, 1.82) is 0 Å². The maximum Gasteiger partial charge on any atom is 0.319 e. The number of carbonyl (C=O) groups excluding carboxylic acids is 1. The molecule has 2 amide bonds. The second-order valence-electron chi connectivity index (χ2n) is 4.05. The number of rotatable bonds is 5. The molecule has 2 rings (SSSR count). The minimum absolute atomic E-state index is 0.146. The van der Waals surface area contributed by atoms with E-state index in [1.165, 1.54) is 12.5 Å². The number of nitrogens with one attached hydrogen (secondary N) is 2. The Labute approximate surface area is 114 Å². The molecule has 7 heteroatoms. The molecular formula is C13H13N3O4. The van der Waals surface area contributed by atoms with Gasteiger partial charge in [0, 0.05) is 12.1 Å². The molecule has 0 fully saturated rings. The van der Waals surface area contributed by atoms with Crippen molar-refractivity contribution in [1.82, 2.24) is 10.3 Å². The van der Waals surface area contributed by atoms with E-state index in [-0.39, 0.29) is 12.5 Å². The third-order valence-corrected chi connectivity index (χ3v) is 2.45. The number of nitrogens with zero attached hydrogens (tertiary/aromatic N) is 1. The highest BCUT2D eigenvalue weighted by Crippen LogP contribution is 2.07. The van der Waals surface area contributed by atoms with E-state index in [0.29, 0.717) is 17.9 Å². The average Bonchev–Trinajstić information content (AvgIpc) is 2.91. The molecule has 104 valence electrons. The minimum atomic E-state index is -0.948. The molecule has 0 spiro atoms. The minimum Gasteiger partial charge on any atom is -0.481 e. The van der Waals surface area contributed by atoms with Gasteiger partial charge in [-0.3, -0.25) is 9.78 Å². The van der Waals surface area contributed by atoms with Crippen molar-refractivity contribution >= 4 is 17.7 Å². The lowest BCUT2D eigenvalue weighted by Crippen LogP contribution is -2.28. The lowest BCUT2D eigenvalue weighted by atomic mass is 10.2. The summed E-state index contributed by atoms with van der Waals surface area (Å²) >= 11 is 0. The van der Waals surface area contributed by atoms with E-state index in [4.69, 9.17) is 9.52 Å². The maximum atomic E-state index is 11.6. The van der Waals surface area contributed by atoms with Gasteiger partial charge < -0.3 is 20.2 Å². The Kier molecular flexibility index (Phi) is 4.33. The van der Waals surface area contributed by atoms with Gasteiger partial charge in [-0.2, -0.15) is 0 Å². The summed E-state index contributed by atoms with van der Waals surface area (Å²) in [5.74, 6) is -0.948. The van der Waals surface area contributed by atoms with E-state index in [1.807, 2.05) is 0 Å². The molecule has 3 N–H and O–H groups in total. The summed E-state index contributed by atoms with van der Waals surface area (Å²) < 4.78 is 4.88. The molecule has 0 atom stereocenters. The topological polar surface area (TPSA) is 104 Å². The Morgan fingerprint density at radius 3 is 2.75 bits per heavy atom. The molecule has 2 heterocycles. The SMILES string of the molecule is O=C(O)Cc1ccc(NC(=O)NCc2ccoc2)cn1. The Morgan fingerprint density at radius 1 is 1.30 bits per heavy atom. The van der Waals surface area contributed by atoms with Gasteiger partial charge in [0.1, 0.15) is 0 Å². The highest BCUT2D eigenvalue weighted by Gasteiger charge is 2.05. The van der Waals surface area contributed by atoms with E-state index in [1.54, 1.807) is 24.5 Å². The van der Waals surface area contributed by atoms with Crippen LogP contribution < -0.4 is 10.6 Å². The number of urea groups is 1. The molecule has 0 radical (unpaired) electrons. The number of furan rings is 1. The van der Waals surface area contributed by atoms with E-state index in [0.717, 1.165) is 5.56 Å². The van der Waals surface area contributed by atoms with Gasteiger partial charge in [-0.15, -0.1) is 0 Å². The summed E-state index contributed by atoms with van der Waals surface area (Å²) in [6, 6.07) is 4.53. The highest BCUT2D eigenvalue weighted by molar-refractivity contribution is 5.88. The van der Waals surface area contributed by atoms with Crippen molar-refractivity contribution < 1.29 is 19.1 Å². The quantitative estimate of drug-likeness (QED) is 0.769. The predicted octanol–water partition coefficient (Wildman–Crippen LogP) is 1.62. The van der Waals surface area contributed by atoms with E-state index < -0.39 is 5.97 Å². The van der Waals surface area contributed by atoms with E-state index in [9.17, 15) is 9.59 Å². The molecule has 20 heavy (non-hydrogen) atoms. The summed E-state index contributed by atoms with van der Waals surface area (Å²) in [4.78, 5) is 26.0. The smallest absolute Gasteiger partial charge is 0.319 e. The molecule has 2 aromatic heterocycles. The van der Waals surface area contributed by atoms with Gasteiger partial charge in [-0.1, -0.05) is 0 Å². The van der Waals surface area contributed by atoms with Crippen LogP contribution in [0.2, 0.25) is 0 Å². The molecule has 0 bridgehead atoms. The summed E-state index contributed by atoms with van der Waals surface area (Å²) in [6.45, 7) is 0.354. The van der Waals surface area contributed by atoms with Crippen LogP contribution >= 0.6 is 0 Å². The monoisotopic (exact) mass is 275 g/mol. The number of carboxylic acid groups (broad SMARTS) is 1. The third-order valence-electron chi connectivity index (χ3n) is 2.45. The van der Waals surface area contributed by atoms with Crippen LogP contribution in [0.15, 0.2) is 41.3 Å². The van der Waals surface area contributed by atoms with Crippen molar-refractivity contribution in [2.75, 3.05) is 5.32 Å². The number of pyridine rings is 1. The van der Waals surface area contributed by atoms with Crippen LogP contribution in [-0.2, 0) is 17.8 Å². The van der Waals surface area contributed by atoms with Crippen molar-refractivity contribution in [2.24, 2.45) is 0 Å². The molecule has 2 aromatic rings. The second kappa shape index (κ2) is 6.37. The van der Waals surface area contributed by atoms with Crippen LogP contribution in [0.25, 0.3) is 0 Å². The van der Waals surface area contributed by atoms with Gasteiger partial charge >= 0.3 is 12.0 Å². The number of aromatic nitrogens is 1. The van der Waals surface area contributed by atoms with Gasteiger partial charge in [0.2, 0.25) is 0 Å². The fourth-order valence-corrected chi connectivity index (χ4v) is 1.51. The molecule has 7 nitrogen and oxygen atoms in total. The molecule has 0 saturated heterocycles. The summed E-state index contributed by atoms with van der Waals surface area (Å²) in [5.41, 5.74) is 1.78. The number of aliphatic carboxylic acids is 1. The zero-order valence-corrected chi connectivity index (χ0v) is 10.5. The predicted molar refractivity (Wildman–Crippen MR) is 70.1 cm³/mol. The van der Waals surface area contributed by atoms with Gasteiger partial charge in [-0.05, 0) is 18.2 Å². The van der Waals surface area contributed by atoms with Crippen LogP contribution in [0.3, 0.4) is 0 Å². The summed E-state index contributed by atoms with van der Waals surface area (Å²) in [5, 5.41) is 13.9. The molecular weight excluding hydrogens is 262 g/mol. The number of hydrogen-bond donors (Lipinski definition) is 3. The molecule has 0 saturated carbocycles. The zero-order valence-electron chi connectivity index (χ0n) is 10.5. The number of amides is 2. The first-order valence-corrected chi connectivity index (χ1v) is 5.86. The Balaban J connectivity index is 1.83. The molecule has 0 aliphatic carbocycles. The highest BCUT2D eigenvalue weighted by atomic mass is 16.4.